The van der Waals surface area contributed by atoms with Gasteiger partial charge in [-0.05, 0) is 24.2 Å². The molecule has 0 amide bonds. The number of allylic oxidation sites excluding steroid dienone is 1. The van der Waals surface area contributed by atoms with Crippen LogP contribution in [0.3, 0.4) is 0 Å². The van der Waals surface area contributed by atoms with Gasteiger partial charge in [-0.2, -0.15) is 22.2 Å². The Balaban J connectivity index is 2.82. The summed E-state index contributed by atoms with van der Waals surface area (Å²) in [7, 11) is 1.36. The Morgan fingerprint density at radius 1 is 0.857 bits per heavy atom. The van der Waals surface area contributed by atoms with Crippen molar-refractivity contribution in [1.29, 1.82) is 0 Å². The summed E-state index contributed by atoms with van der Waals surface area (Å²) in [5.41, 5.74) is 0.889. The molecule has 0 aromatic heterocycles. The predicted molar refractivity (Wildman–Crippen MR) is 101 cm³/mol. The lowest BCUT2D eigenvalue weighted by molar-refractivity contribution is 1.41. The molecule has 0 heterocycles. The van der Waals surface area contributed by atoms with Gasteiger partial charge in [0.1, 0.15) is 0 Å². The van der Waals surface area contributed by atoms with Gasteiger partial charge in [0.25, 0.3) is 0 Å². The number of rotatable bonds is 4. The molecule has 0 bridgehead atoms. The van der Waals surface area contributed by atoms with Crippen molar-refractivity contribution < 1.29 is 0 Å². The van der Waals surface area contributed by atoms with E-state index >= 15 is 0 Å². The van der Waals surface area contributed by atoms with E-state index in [-0.39, 0.29) is 0 Å². The molecular weight excluding hydrogens is 347 g/mol. The molecule has 2 rings (SSSR count). The number of hydrogen-bond acceptors (Lipinski definition) is 0. The third kappa shape index (κ3) is 3.43. The molecule has 2 aromatic carbocycles. The van der Waals surface area contributed by atoms with E-state index in [1.807, 2.05) is 12.1 Å². The third-order valence-electron chi connectivity index (χ3n) is 3.46. The normalized spacial score (nSPS) is 12.0. The molecule has 107 valence electrons. The van der Waals surface area contributed by atoms with E-state index < -0.39 is 13.3 Å². The molecule has 0 saturated heterocycles. The fourth-order valence-electron chi connectivity index (χ4n) is 2.62. The minimum Gasteiger partial charge on any atom is -0.153 e. The van der Waals surface area contributed by atoms with Gasteiger partial charge < -0.3 is 0 Å². The molecule has 0 aliphatic heterocycles. The van der Waals surface area contributed by atoms with E-state index in [4.69, 9.17) is 22.2 Å². The van der Waals surface area contributed by atoms with Gasteiger partial charge in [0.05, 0.1) is 9.76 Å². The van der Waals surface area contributed by atoms with Crippen molar-refractivity contribution in [2.24, 2.45) is 0 Å². The average molecular weight is 364 g/mol. The Kier molecular flexibility index (Phi) is 5.33. The number of benzene rings is 2. The maximum atomic E-state index is 6.80. The van der Waals surface area contributed by atoms with Crippen molar-refractivity contribution in [3.63, 3.8) is 0 Å². The highest BCUT2D eigenvalue weighted by molar-refractivity contribution is 7.92. The van der Waals surface area contributed by atoms with Crippen LogP contribution in [0.2, 0.25) is 0 Å². The lowest BCUT2D eigenvalue weighted by Crippen LogP contribution is -2.72. The van der Waals surface area contributed by atoms with Gasteiger partial charge in [-0.3, -0.25) is 0 Å². The Labute approximate surface area is 141 Å². The molecule has 5 heteroatoms. The summed E-state index contributed by atoms with van der Waals surface area (Å²) in [6, 6.07) is 20.8. The predicted octanol–water partition coefficient (Wildman–Crippen LogP) is 3.42. The van der Waals surface area contributed by atoms with Gasteiger partial charge in [-0.25, -0.2) is 0 Å². The van der Waals surface area contributed by atoms with Crippen molar-refractivity contribution in [1.82, 2.24) is 0 Å². The molecule has 0 aliphatic rings. The largest absolute Gasteiger partial charge is 0.233 e. The van der Waals surface area contributed by atoms with Gasteiger partial charge in [0.15, 0.2) is 7.59 Å². The van der Waals surface area contributed by atoms with Crippen LogP contribution >= 0.6 is 22.2 Å². The minimum atomic E-state index is -2.67. The fourth-order valence-corrected chi connectivity index (χ4v) is 19.2. The van der Waals surface area contributed by atoms with Crippen LogP contribution in [0.25, 0.3) is 0 Å². The second-order valence-corrected chi connectivity index (χ2v) is 25.7. The van der Waals surface area contributed by atoms with Crippen molar-refractivity contribution in [2.45, 2.75) is 13.8 Å². The quantitative estimate of drug-likeness (QED) is 0.576. The van der Waals surface area contributed by atoms with Crippen LogP contribution in [0.15, 0.2) is 71.9 Å². The molecule has 0 N–H and O–H groups in total. The maximum absolute atomic E-state index is 6.80. The Morgan fingerprint density at radius 3 is 1.52 bits per heavy atom. The highest BCUT2D eigenvalue weighted by Gasteiger charge is 2.52. The van der Waals surface area contributed by atoms with Gasteiger partial charge in [0.2, 0.25) is 5.73 Å². The zero-order chi connectivity index (χ0) is 15.5. The van der Waals surface area contributed by atoms with E-state index in [0.717, 1.165) is 0 Å². The van der Waals surface area contributed by atoms with Gasteiger partial charge >= 0.3 is 0 Å². The summed E-state index contributed by atoms with van der Waals surface area (Å²) in [5.74, 6) is 0. The molecule has 0 saturated carbocycles. The first kappa shape index (κ1) is 16.8. The van der Waals surface area contributed by atoms with Gasteiger partial charge in [-0.1, -0.05) is 71.9 Å². The summed E-state index contributed by atoms with van der Waals surface area (Å²) >= 11 is 13.6. The molecule has 0 fully saturated rings. The smallest absolute Gasteiger partial charge is 0.153 e. The van der Waals surface area contributed by atoms with Crippen LogP contribution in [0.1, 0.15) is 13.8 Å². The summed E-state index contributed by atoms with van der Waals surface area (Å²) in [6.07, 6.45) is 0. The number of hydrogen-bond donors (Lipinski definition) is 0. The maximum Gasteiger partial charge on any atom is 0.233 e. The first-order chi connectivity index (χ1) is 9.88. The van der Waals surface area contributed by atoms with E-state index in [9.17, 15) is 0 Å². The van der Waals surface area contributed by atoms with Crippen molar-refractivity contribution in [2.75, 3.05) is 0 Å². The molecule has 0 spiro atoms. The lowest BCUT2D eigenvalue weighted by Gasteiger charge is -2.37. The minimum absolute atomic E-state index is 1.24. The van der Waals surface area contributed by atoms with Gasteiger partial charge in [-0.15, -0.1) is 0 Å². The molecule has 3 radical (unpaired) electrons. The van der Waals surface area contributed by atoms with E-state index in [0.29, 0.717) is 0 Å². The molecule has 2 aromatic rings. The average Bonchev–Trinajstić information content (AvgIpc) is 2.45. The first-order valence-electron chi connectivity index (χ1n) is 6.78. The Morgan fingerprint density at radius 2 is 1.24 bits per heavy atom. The third-order valence-corrected chi connectivity index (χ3v) is 22.0. The SMILES string of the molecule is CC(C)=C[Si](c1ccccc1)(c1ccccc1)[Si]([Si])(Cl)Cl. The summed E-state index contributed by atoms with van der Waals surface area (Å²) in [4.78, 5) is 0. The summed E-state index contributed by atoms with van der Waals surface area (Å²) in [5, 5.41) is 2.48. The molecule has 0 nitrogen and oxygen atoms in total. The molecule has 21 heavy (non-hydrogen) atoms. The monoisotopic (exact) mass is 363 g/mol. The topological polar surface area (TPSA) is 0 Å². The highest BCUT2D eigenvalue weighted by atomic mass is 35.7. The Bertz CT molecular complexity index is 575. The lowest BCUT2D eigenvalue weighted by atomic mass is 10.4. The molecule has 0 aliphatic carbocycles. The molecule has 0 unspecified atom stereocenters. The van der Waals surface area contributed by atoms with Crippen LogP contribution in [0.4, 0.5) is 0 Å². The molecule has 0 atom stereocenters. The van der Waals surface area contributed by atoms with E-state index in [2.05, 4.69) is 77.8 Å². The van der Waals surface area contributed by atoms with Crippen LogP contribution in [0.5, 0.6) is 0 Å². The van der Waals surface area contributed by atoms with Crippen LogP contribution in [-0.4, -0.2) is 23.1 Å². The van der Waals surface area contributed by atoms with Crippen molar-refractivity contribution in [3.8, 4) is 0 Å². The zero-order valence-electron chi connectivity index (χ0n) is 12.1. The van der Waals surface area contributed by atoms with E-state index in [1.165, 1.54) is 15.9 Å². The van der Waals surface area contributed by atoms with Crippen molar-refractivity contribution in [3.05, 3.63) is 71.9 Å². The summed E-state index contributed by atoms with van der Waals surface area (Å²) < 4.78 is 0. The summed E-state index contributed by atoms with van der Waals surface area (Å²) in [6.45, 7) is 4.21. The van der Waals surface area contributed by atoms with Crippen LogP contribution in [-0.2, 0) is 0 Å². The van der Waals surface area contributed by atoms with Crippen LogP contribution < -0.4 is 10.4 Å². The van der Waals surface area contributed by atoms with E-state index in [1.54, 1.807) is 0 Å². The second kappa shape index (κ2) is 6.67. The fraction of sp³-hybridized carbons (Fsp3) is 0.125. The first-order valence-corrected chi connectivity index (χ1v) is 15.4. The number of halogens is 2. The van der Waals surface area contributed by atoms with Gasteiger partial charge in [0, 0.05) is 0 Å². The second-order valence-electron chi connectivity index (χ2n) is 5.34. The Hall–Kier alpha value is -0.589. The zero-order valence-corrected chi connectivity index (χ0v) is 16.6. The highest BCUT2D eigenvalue weighted by Crippen LogP contribution is 2.26. The standard InChI is InChI=1S/C16H17Cl2Si3/c1-14(2)13-20(21(17,18)19,15-9-5-3-6-10-15)16-11-7-4-8-12-16/h3-13H,1-2H3. The van der Waals surface area contributed by atoms with Crippen molar-refractivity contribution >= 4 is 55.6 Å². The molecular formula is C16H17Cl2Si3. The van der Waals surface area contributed by atoms with Crippen LogP contribution in [0, 0.1) is 0 Å².